The smallest absolute Gasteiger partial charge is 0.312 e. The number of nitro benzene ring substituents is 1. The van der Waals surface area contributed by atoms with Gasteiger partial charge < -0.3 is 4.74 Å². The molecule has 0 aromatic heterocycles. The van der Waals surface area contributed by atoms with E-state index in [1.165, 1.54) is 16.4 Å². The van der Waals surface area contributed by atoms with Crippen LogP contribution in [0.25, 0.3) is 0 Å². The van der Waals surface area contributed by atoms with E-state index < -0.39 is 14.9 Å². The number of nitro groups is 1. The Labute approximate surface area is 159 Å². The lowest BCUT2D eigenvalue weighted by atomic mass is 10.1. The number of hydrogen-bond donors (Lipinski definition) is 0. The van der Waals surface area contributed by atoms with Crippen LogP contribution in [0.1, 0.15) is 30.5 Å². The van der Waals surface area contributed by atoms with Crippen molar-refractivity contribution in [1.82, 2.24) is 4.31 Å². The van der Waals surface area contributed by atoms with Gasteiger partial charge in [-0.1, -0.05) is 37.6 Å². The van der Waals surface area contributed by atoms with Crippen molar-refractivity contribution in [3.63, 3.8) is 0 Å². The molecule has 146 valence electrons. The second kappa shape index (κ2) is 8.49. The highest BCUT2D eigenvalue weighted by molar-refractivity contribution is 7.89. The molecule has 8 heteroatoms. The molecule has 0 bridgehead atoms. The monoisotopic (exact) mass is 392 g/mol. The Bertz CT molecular complexity index is 937. The molecule has 2 aromatic rings. The fourth-order valence-electron chi connectivity index (χ4n) is 2.75. The van der Waals surface area contributed by atoms with Crippen LogP contribution in [0.2, 0.25) is 0 Å². The summed E-state index contributed by atoms with van der Waals surface area (Å²) in [6.07, 6.45) is 0. The topological polar surface area (TPSA) is 89.8 Å². The lowest BCUT2D eigenvalue weighted by Gasteiger charge is -2.18. The van der Waals surface area contributed by atoms with Gasteiger partial charge in [-0.25, -0.2) is 8.42 Å². The molecule has 0 aliphatic rings. The first-order valence-electron chi connectivity index (χ1n) is 8.68. The highest BCUT2D eigenvalue weighted by Crippen LogP contribution is 2.31. The third kappa shape index (κ3) is 4.64. The summed E-state index contributed by atoms with van der Waals surface area (Å²) >= 11 is 0. The van der Waals surface area contributed by atoms with E-state index in [-0.39, 0.29) is 36.0 Å². The molecule has 0 radical (unpaired) electrons. The largest absolute Gasteiger partial charge is 0.482 e. The van der Waals surface area contributed by atoms with Crippen molar-refractivity contribution in [2.75, 3.05) is 13.1 Å². The second-order valence-electron chi connectivity index (χ2n) is 6.19. The molecule has 7 nitrogen and oxygen atoms in total. The summed E-state index contributed by atoms with van der Waals surface area (Å²) in [5, 5.41) is 11.5. The number of rotatable bonds is 8. The van der Waals surface area contributed by atoms with Crippen LogP contribution < -0.4 is 4.74 Å². The van der Waals surface area contributed by atoms with Gasteiger partial charge >= 0.3 is 5.69 Å². The van der Waals surface area contributed by atoms with Crippen LogP contribution in [0.3, 0.4) is 0 Å². The molecule has 0 aliphatic heterocycles. The molecule has 0 unspecified atom stereocenters. The summed E-state index contributed by atoms with van der Waals surface area (Å²) < 4.78 is 32.1. The molecule has 0 aliphatic carbocycles. The summed E-state index contributed by atoms with van der Waals surface area (Å²) in [7, 11) is -3.78. The molecule has 2 aromatic carbocycles. The lowest BCUT2D eigenvalue weighted by Crippen LogP contribution is -2.30. The predicted molar refractivity (Wildman–Crippen MR) is 103 cm³/mol. The minimum atomic E-state index is -3.78. The molecule has 0 saturated carbocycles. The molecule has 0 heterocycles. The number of benzene rings is 2. The molecule has 0 saturated heterocycles. The zero-order chi connectivity index (χ0) is 20.2. The van der Waals surface area contributed by atoms with Gasteiger partial charge in [0.1, 0.15) is 6.61 Å². The zero-order valence-corrected chi connectivity index (χ0v) is 16.7. The van der Waals surface area contributed by atoms with Gasteiger partial charge in [0.15, 0.2) is 5.75 Å². The number of nitrogens with zero attached hydrogens (tertiary/aromatic N) is 2. The molecule has 0 atom stereocenters. The maximum Gasteiger partial charge on any atom is 0.312 e. The average molecular weight is 392 g/mol. The van der Waals surface area contributed by atoms with E-state index in [2.05, 4.69) is 0 Å². The summed E-state index contributed by atoms with van der Waals surface area (Å²) in [5.41, 5.74) is 2.64. The van der Waals surface area contributed by atoms with Gasteiger partial charge in [-0.15, -0.1) is 0 Å². The van der Waals surface area contributed by atoms with Gasteiger partial charge in [0.2, 0.25) is 10.0 Å². The Hall–Kier alpha value is -2.45. The lowest BCUT2D eigenvalue weighted by molar-refractivity contribution is -0.386. The van der Waals surface area contributed by atoms with Gasteiger partial charge in [-0.2, -0.15) is 4.31 Å². The maximum atomic E-state index is 12.6. The Kier molecular flexibility index (Phi) is 6.56. The summed E-state index contributed by atoms with van der Waals surface area (Å²) in [6, 6.07) is 9.65. The van der Waals surface area contributed by atoms with Crippen LogP contribution in [-0.4, -0.2) is 30.7 Å². The van der Waals surface area contributed by atoms with Crippen LogP contribution in [0.4, 0.5) is 5.69 Å². The normalized spacial score (nSPS) is 11.6. The van der Waals surface area contributed by atoms with Crippen molar-refractivity contribution in [2.45, 2.75) is 39.2 Å². The van der Waals surface area contributed by atoms with Crippen molar-refractivity contribution < 1.29 is 18.1 Å². The van der Waals surface area contributed by atoms with E-state index in [9.17, 15) is 18.5 Å². The van der Waals surface area contributed by atoms with Crippen molar-refractivity contribution in [3.05, 3.63) is 63.2 Å². The maximum absolute atomic E-state index is 12.6. The van der Waals surface area contributed by atoms with E-state index in [1.54, 1.807) is 13.8 Å². The van der Waals surface area contributed by atoms with Crippen molar-refractivity contribution >= 4 is 15.7 Å². The summed E-state index contributed by atoms with van der Waals surface area (Å²) in [6.45, 7) is 8.07. The van der Waals surface area contributed by atoms with Crippen molar-refractivity contribution in [1.29, 1.82) is 0 Å². The quantitative estimate of drug-likeness (QED) is 0.503. The van der Waals surface area contributed by atoms with E-state index in [0.717, 1.165) is 22.8 Å². The fourth-order valence-corrected chi connectivity index (χ4v) is 4.22. The van der Waals surface area contributed by atoms with E-state index in [1.807, 2.05) is 32.0 Å². The number of sulfonamides is 1. The molecule has 0 spiro atoms. The van der Waals surface area contributed by atoms with Crippen molar-refractivity contribution in [2.24, 2.45) is 0 Å². The first-order valence-corrected chi connectivity index (χ1v) is 10.1. The van der Waals surface area contributed by atoms with E-state index in [0.29, 0.717) is 0 Å². The highest BCUT2D eigenvalue weighted by Gasteiger charge is 2.26. The Morgan fingerprint density at radius 1 is 1.07 bits per heavy atom. The zero-order valence-electron chi connectivity index (χ0n) is 15.9. The SMILES string of the molecule is CCN(CC)S(=O)(=O)c1ccc(OCc2cc(C)ccc2C)c([N+](=O)[O-])c1. The first-order chi connectivity index (χ1) is 12.7. The van der Waals surface area contributed by atoms with Gasteiger partial charge in [0.25, 0.3) is 0 Å². The molecule has 0 N–H and O–H groups in total. The molecule has 0 fully saturated rings. The van der Waals surface area contributed by atoms with Gasteiger partial charge in [-0.3, -0.25) is 10.1 Å². The minimum absolute atomic E-state index is 0.0411. The molecule has 2 rings (SSSR count). The van der Waals surface area contributed by atoms with Crippen LogP contribution in [0, 0.1) is 24.0 Å². The fraction of sp³-hybridized carbons (Fsp3) is 0.368. The number of aryl methyl sites for hydroxylation is 2. The number of hydrogen-bond acceptors (Lipinski definition) is 5. The van der Waals surface area contributed by atoms with Gasteiger partial charge in [0, 0.05) is 19.2 Å². The molecular weight excluding hydrogens is 368 g/mol. The summed E-state index contributed by atoms with van der Waals surface area (Å²) in [4.78, 5) is 10.7. The Morgan fingerprint density at radius 3 is 2.33 bits per heavy atom. The average Bonchev–Trinajstić information content (AvgIpc) is 2.63. The Balaban J connectivity index is 2.36. The Morgan fingerprint density at radius 2 is 1.74 bits per heavy atom. The van der Waals surface area contributed by atoms with E-state index >= 15 is 0 Å². The predicted octanol–water partition coefficient (Wildman–Crippen LogP) is 3.82. The third-order valence-corrected chi connectivity index (χ3v) is 6.40. The van der Waals surface area contributed by atoms with Crippen LogP contribution in [0.15, 0.2) is 41.3 Å². The first kappa shape index (κ1) is 20.9. The van der Waals surface area contributed by atoms with Crippen LogP contribution >= 0.6 is 0 Å². The molecule has 0 amide bonds. The molecule has 27 heavy (non-hydrogen) atoms. The van der Waals surface area contributed by atoms with Crippen LogP contribution in [0.5, 0.6) is 5.75 Å². The van der Waals surface area contributed by atoms with Crippen molar-refractivity contribution in [3.8, 4) is 5.75 Å². The minimum Gasteiger partial charge on any atom is -0.482 e. The number of ether oxygens (including phenoxy) is 1. The van der Waals surface area contributed by atoms with E-state index in [4.69, 9.17) is 4.74 Å². The highest BCUT2D eigenvalue weighted by atomic mass is 32.2. The second-order valence-corrected chi connectivity index (χ2v) is 8.13. The molecular formula is C19H24N2O5S. The van der Waals surface area contributed by atoms with Crippen LogP contribution in [-0.2, 0) is 16.6 Å². The van der Waals surface area contributed by atoms with Gasteiger partial charge in [-0.05, 0) is 37.1 Å². The standard InChI is InChI=1S/C19H24N2O5S/c1-5-20(6-2)27(24,25)17-9-10-19(18(12-17)21(22)23)26-13-16-11-14(3)7-8-15(16)4/h7-12H,5-6,13H2,1-4H3. The third-order valence-electron chi connectivity index (χ3n) is 4.36. The van der Waals surface area contributed by atoms with Gasteiger partial charge in [0.05, 0.1) is 9.82 Å². The summed E-state index contributed by atoms with van der Waals surface area (Å²) in [5.74, 6) is 0.0411.